The molecule has 3 aromatic heterocycles. The van der Waals surface area contributed by atoms with Crippen molar-refractivity contribution in [2.24, 2.45) is 0 Å². The Morgan fingerprint density at radius 3 is 2.92 bits per heavy atom. The molecule has 5 nitrogen and oxygen atoms in total. The molecule has 0 bridgehead atoms. The number of aromatic amines is 1. The van der Waals surface area contributed by atoms with Gasteiger partial charge in [0.2, 0.25) is 0 Å². The molecule has 0 atom stereocenters. The quantitative estimate of drug-likeness (QED) is 0.593. The highest BCUT2D eigenvalue weighted by Crippen LogP contribution is 2.31. The van der Waals surface area contributed by atoms with Crippen LogP contribution >= 0.6 is 11.6 Å². The van der Waals surface area contributed by atoms with Crippen molar-refractivity contribution in [3.05, 3.63) is 65.3 Å². The van der Waals surface area contributed by atoms with E-state index in [1.54, 1.807) is 0 Å². The number of hydrogen-bond donors (Lipinski definition) is 1. The summed E-state index contributed by atoms with van der Waals surface area (Å²) in [5.74, 6) is 0. The normalized spacial score (nSPS) is 10.9. The summed E-state index contributed by atoms with van der Waals surface area (Å²) in [5, 5.41) is 11.2. The molecule has 0 aliphatic carbocycles. The van der Waals surface area contributed by atoms with Crippen molar-refractivity contribution in [2.75, 3.05) is 0 Å². The van der Waals surface area contributed by atoms with Crippen LogP contribution in [0.3, 0.4) is 0 Å². The highest BCUT2D eigenvalue weighted by atomic mass is 35.5. The van der Waals surface area contributed by atoms with Crippen LogP contribution in [0.5, 0.6) is 0 Å². The third-order valence-electron chi connectivity index (χ3n) is 4.26. The highest BCUT2D eigenvalue weighted by Gasteiger charge is 2.16. The second-order valence-corrected chi connectivity index (χ2v) is 6.13. The minimum absolute atomic E-state index is 0.559. The van der Waals surface area contributed by atoms with E-state index < -0.39 is 0 Å². The SMILES string of the molecule is CCc1ccc(Cl)cc1-n1cc(C#N)c(-c2ncnc3[nH]ccc23)c1. The smallest absolute Gasteiger partial charge is 0.141 e. The second-order valence-electron chi connectivity index (χ2n) is 5.69. The van der Waals surface area contributed by atoms with Crippen LogP contribution in [0.1, 0.15) is 18.1 Å². The molecule has 0 radical (unpaired) electrons. The molecule has 25 heavy (non-hydrogen) atoms. The van der Waals surface area contributed by atoms with Crippen LogP contribution in [0.15, 0.2) is 49.2 Å². The van der Waals surface area contributed by atoms with E-state index in [0.717, 1.165) is 40.0 Å². The lowest BCUT2D eigenvalue weighted by molar-refractivity contribution is 1.02. The van der Waals surface area contributed by atoms with Crippen molar-refractivity contribution in [3.8, 4) is 23.0 Å². The van der Waals surface area contributed by atoms with Gasteiger partial charge < -0.3 is 9.55 Å². The van der Waals surface area contributed by atoms with Crippen molar-refractivity contribution < 1.29 is 0 Å². The summed E-state index contributed by atoms with van der Waals surface area (Å²) in [6.45, 7) is 2.09. The van der Waals surface area contributed by atoms with Crippen LogP contribution in [-0.4, -0.2) is 19.5 Å². The molecule has 0 aliphatic heterocycles. The predicted molar refractivity (Wildman–Crippen MR) is 97.8 cm³/mol. The molecule has 1 N–H and O–H groups in total. The van der Waals surface area contributed by atoms with Crippen molar-refractivity contribution in [2.45, 2.75) is 13.3 Å². The summed E-state index contributed by atoms with van der Waals surface area (Å²) in [4.78, 5) is 11.7. The number of hydrogen-bond acceptors (Lipinski definition) is 3. The van der Waals surface area contributed by atoms with E-state index in [1.165, 1.54) is 6.33 Å². The fraction of sp³-hybridized carbons (Fsp3) is 0.105. The third-order valence-corrected chi connectivity index (χ3v) is 4.50. The van der Waals surface area contributed by atoms with Gasteiger partial charge in [-0.05, 0) is 30.2 Å². The number of fused-ring (bicyclic) bond motifs is 1. The van der Waals surface area contributed by atoms with E-state index in [-0.39, 0.29) is 0 Å². The number of aryl methyl sites for hydroxylation is 1. The van der Waals surface area contributed by atoms with Crippen LogP contribution in [0.4, 0.5) is 0 Å². The van der Waals surface area contributed by atoms with Gasteiger partial charge in [-0.15, -0.1) is 0 Å². The van der Waals surface area contributed by atoms with E-state index >= 15 is 0 Å². The van der Waals surface area contributed by atoms with Crippen molar-refractivity contribution in [1.29, 1.82) is 5.26 Å². The van der Waals surface area contributed by atoms with Crippen molar-refractivity contribution in [3.63, 3.8) is 0 Å². The summed E-state index contributed by atoms with van der Waals surface area (Å²) in [7, 11) is 0. The summed E-state index contributed by atoms with van der Waals surface area (Å²) in [5.41, 5.74) is 4.95. The summed E-state index contributed by atoms with van der Waals surface area (Å²) >= 11 is 6.18. The molecule has 4 rings (SSSR count). The van der Waals surface area contributed by atoms with Crippen molar-refractivity contribution in [1.82, 2.24) is 19.5 Å². The minimum Gasteiger partial charge on any atom is -0.346 e. The average molecular weight is 348 g/mol. The monoisotopic (exact) mass is 347 g/mol. The molecule has 6 heteroatoms. The van der Waals surface area contributed by atoms with Gasteiger partial charge in [0, 0.05) is 40.3 Å². The Labute approximate surface area is 149 Å². The van der Waals surface area contributed by atoms with E-state index in [9.17, 15) is 5.26 Å². The number of halogens is 1. The molecular weight excluding hydrogens is 334 g/mol. The van der Waals surface area contributed by atoms with Gasteiger partial charge in [0.05, 0.1) is 11.3 Å². The van der Waals surface area contributed by atoms with Crippen LogP contribution in [-0.2, 0) is 6.42 Å². The summed E-state index contributed by atoms with van der Waals surface area (Å²) in [6, 6.07) is 9.99. The van der Waals surface area contributed by atoms with Gasteiger partial charge in [-0.25, -0.2) is 9.97 Å². The van der Waals surface area contributed by atoms with Gasteiger partial charge in [0.1, 0.15) is 18.0 Å². The lowest BCUT2D eigenvalue weighted by Crippen LogP contribution is -1.96. The zero-order chi connectivity index (χ0) is 17.4. The van der Waals surface area contributed by atoms with Gasteiger partial charge in [-0.3, -0.25) is 0 Å². The Morgan fingerprint density at radius 1 is 1.24 bits per heavy atom. The van der Waals surface area contributed by atoms with Crippen LogP contribution in [0.25, 0.3) is 28.0 Å². The molecule has 0 amide bonds. The van der Waals surface area contributed by atoms with E-state index in [1.807, 2.05) is 47.4 Å². The van der Waals surface area contributed by atoms with Gasteiger partial charge in [-0.2, -0.15) is 5.26 Å². The Morgan fingerprint density at radius 2 is 2.12 bits per heavy atom. The molecule has 122 valence electrons. The zero-order valence-electron chi connectivity index (χ0n) is 13.5. The Bertz CT molecular complexity index is 1120. The van der Waals surface area contributed by atoms with Crippen molar-refractivity contribution >= 4 is 22.6 Å². The highest BCUT2D eigenvalue weighted by molar-refractivity contribution is 6.30. The molecule has 1 aromatic carbocycles. The Hall–Kier alpha value is -3.10. The zero-order valence-corrected chi connectivity index (χ0v) is 14.2. The molecular formula is C19H14ClN5. The fourth-order valence-electron chi connectivity index (χ4n) is 3.03. The predicted octanol–water partition coefficient (Wildman–Crippen LogP) is 4.50. The number of nitriles is 1. The summed E-state index contributed by atoms with van der Waals surface area (Å²) < 4.78 is 1.94. The summed E-state index contributed by atoms with van der Waals surface area (Å²) in [6.07, 6.45) is 7.94. The first kappa shape index (κ1) is 15.4. The lowest BCUT2D eigenvalue weighted by atomic mass is 10.1. The van der Waals surface area contributed by atoms with Gasteiger partial charge in [0.15, 0.2) is 0 Å². The standard InChI is InChI=1S/C19H14ClN5/c1-2-12-3-4-14(20)7-17(12)25-9-13(8-21)16(10-25)18-15-5-6-22-19(15)24-11-23-18/h3-7,9-11H,2H2,1H3,(H,22,23,24). The third kappa shape index (κ3) is 2.57. The largest absolute Gasteiger partial charge is 0.346 e. The molecule has 0 spiro atoms. The first-order valence-electron chi connectivity index (χ1n) is 7.90. The number of benzene rings is 1. The van der Waals surface area contributed by atoms with E-state index in [2.05, 4.69) is 27.9 Å². The maximum absolute atomic E-state index is 9.60. The maximum Gasteiger partial charge on any atom is 0.141 e. The van der Waals surface area contributed by atoms with E-state index in [0.29, 0.717) is 10.6 Å². The lowest BCUT2D eigenvalue weighted by Gasteiger charge is -2.09. The second kappa shape index (κ2) is 6.08. The molecule has 0 saturated heterocycles. The number of H-pyrrole nitrogens is 1. The number of nitrogens with one attached hydrogen (secondary N) is 1. The van der Waals surface area contributed by atoms with Gasteiger partial charge in [-0.1, -0.05) is 24.6 Å². The van der Waals surface area contributed by atoms with Crippen LogP contribution in [0.2, 0.25) is 5.02 Å². The topological polar surface area (TPSA) is 70.3 Å². The molecule has 4 aromatic rings. The van der Waals surface area contributed by atoms with Crippen LogP contribution in [0, 0.1) is 11.3 Å². The Balaban J connectivity index is 1.94. The van der Waals surface area contributed by atoms with E-state index in [4.69, 9.17) is 11.6 Å². The fourth-order valence-corrected chi connectivity index (χ4v) is 3.20. The van der Waals surface area contributed by atoms with Gasteiger partial charge in [0.25, 0.3) is 0 Å². The average Bonchev–Trinajstić information content (AvgIpc) is 3.28. The number of aromatic nitrogens is 4. The maximum atomic E-state index is 9.60. The first-order valence-corrected chi connectivity index (χ1v) is 8.28. The number of nitrogens with zero attached hydrogens (tertiary/aromatic N) is 4. The first-order chi connectivity index (χ1) is 12.2. The molecule has 0 saturated carbocycles. The molecule has 0 aliphatic rings. The van der Waals surface area contributed by atoms with Gasteiger partial charge >= 0.3 is 0 Å². The molecule has 3 heterocycles. The van der Waals surface area contributed by atoms with Crippen LogP contribution < -0.4 is 0 Å². The minimum atomic E-state index is 0.559. The molecule has 0 unspecified atom stereocenters. The Kier molecular flexibility index (Phi) is 3.75. The number of rotatable bonds is 3. The molecule has 0 fully saturated rings.